The zero-order valence-corrected chi connectivity index (χ0v) is 16.3. The Hall–Kier alpha value is -1.92. The zero-order valence-electron chi connectivity index (χ0n) is 15.5. The smallest absolute Gasteiger partial charge is 0.236 e. The van der Waals surface area contributed by atoms with Gasteiger partial charge in [-0.1, -0.05) is 11.6 Å². The number of carbonyl (C=O) groups excluding carboxylic acids is 3. The van der Waals surface area contributed by atoms with E-state index in [0.717, 1.165) is 25.9 Å². The lowest BCUT2D eigenvalue weighted by molar-refractivity contribution is -0.134. The van der Waals surface area contributed by atoms with Gasteiger partial charge in [-0.3, -0.25) is 19.3 Å². The van der Waals surface area contributed by atoms with E-state index in [-0.39, 0.29) is 30.4 Å². The number of ketones is 1. The number of halogens is 1. The van der Waals surface area contributed by atoms with Crippen molar-refractivity contribution in [3.8, 4) is 0 Å². The predicted molar refractivity (Wildman–Crippen MR) is 104 cm³/mol. The van der Waals surface area contributed by atoms with Crippen LogP contribution in [0.25, 0.3) is 0 Å². The second-order valence-electron chi connectivity index (χ2n) is 7.17. The molecule has 1 aromatic rings. The highest BCUT2D eigenvalue weighted by Crippen LogP contribution is 2.13. The molecule has 2 aliphatic heterocycles. The van der Waals surface area contributed by atoms with Crippen molar-refractivity contribution in [3.63, 3.8) is 0 Å². The van der Waals surface area contributed by atoms with Gasteiger partial charge in [-0.05, 0) is 37.1 Å². The van der Waals surface area contributed by atoms with Gasteiger partial charge in [-0.25, -0.2) is 0 Å². The summed E-state index contributed by atoms with van der Waals surface area (Å²) in [7, 11) is 0. The molecule has 146 valence electrons. The van der Waals surface area contributed by atoms with E-state index in [1.165, 1.54) is 0 Å². The molecule has 2 fully saturated rings. The second-order valence-corrected chi connectivity index (χ2v) is 7.61. The van der Waals surface area contributed by atoms with Gasteiger partial charge in [0.15, 0.2) is 5.78 Å². The first-order valence-corrected chi connectivity index (χ1v) is 9.97. The molecule has 0 unspecified atom stereocenters. The van der Waals surface area contributed by atoms with Crippen molar-refractivity contribution >= 4 is 29.2 Å². The molecule has 6 nitrogen and oxygen atoms in total. The lowest BCUT2D eigenvalue weighted by Crippen LogP contribution is -2.51. The maximum atomic E-state index is 12.4. The number of amides is 2. The predicted octanol–water partition coefficient (Wildman–Crippen LogP) is 2.07. The average molecular weight is 392 g/mol. The molecule has 3 rings (SSSR count). The Labute approximate surface area is 165 Å². The van der Waals surface area contributed by atoms with Crippen molar-refractivity contribution in [2.45, 2.75) is 25.7 Å². The van der Waals surface area contributed by atoms with Crippen molar-refractivity contribution in [2.24, 2.45) is 0 Å². The monoisotopic (exact) mass is 391 g/mol. The maximum Gasteiger partial charge on any atom is 0.236 e. The molecular weight excluding hydrogens is 366 g/mol. The number of piperazine rings is 1. The highest BCUT2D eigenvalue weighted by Gasteiger charge is 2.25. The molecule has 0 aromatic heterocycles. The van der Waals surface area contributed by atoms with Crippen molar-refractivity contribution in [1.29, 1.82) is 0 Å². The lowest BCUT2D eigenvalue weighted by atomic mass is 10.1. The Kier molecular flexibility index (Phi) is 6.85. The van der Waals surface area contributed by atoms with Gasteiger partial charge in [0.2, 0.25) is 11.8 Å². The zero-order chi connectivity index (χ0) is 19.2. The number of likely N-dealkylation sites (tertiary alicyclic amines) is 1. The molecule has 0 radical (unpaired) electrons. The fourth-order valence-electron chi connectivity index (χ4n) is 3.57. The quantitative estimate of drug-likeness (QED) is 0.696. The minimum atomic E-state index is -0.0464. The third-order valence-electron chi connectivity index (χ3n) is 5.27. The topological polar surface area (TPSA) is 60.9 Å². The molecular formula is C20H26ClN3O3. The van der Waals surface area contributed by atoms with Crippen LogP contribution in [0.1, 0.15) is 36.0 Å². The summed E-state index contributed by atoms with van der Waals surface area (Å²) in [5.74, 6) is 0.151. The van der Waals surface area contributed by atoms with Crippen molar-refractivity contribution in [3.05, 3.63) is 34.9 Å². The van der Waals surface area contributed by atoms with Gasteiger partial charge < -0.3 is 9.80 Å². The Morgan fingerprint density at radius 1 is 0.778 bits per heavy atom. The van der Waals surface area contributed by atoms with Gasteiger partial charge in [-0.15, -0.1) is 0 Å². The summed E-state index contributed by atoms with van der Waals surface area (Å²) < 4.78 is 0. The summed E-state index contributed by atoms with van der Waals surface area (Å²) in [6.45, 7) is 4.82. The number of rotatable bonds is 6. The Morgan fingerprint density at radius 3 is 2.00 bits per heavy atom. The standard InChI is InChI=1S/C20H26ClN3O3/c21-17-5-3-16(4-6-17)18(25)7-8-19(26)24-13-11-22(12-14-24)15-20(27)23-9-1-2-10-23/h3-6H,1-2,7-15H2. The van der Waals surface area contributed by atoms with E-state index in [9.17, 15) is 14.4 Å². The third-order valence-corrected chi connectivity index (χ3v) is 5.53. The fraction of sp³-hybridized carbons (Fsp3) is 0.550. The molecule has 2 aliphatic rings. The average Bonchev–Trinajstić information content (AvgIpc) is 3.22. The molecule has 0 aliphatic carbocycles. The van der Waals surface area contributed by atoms with Crippen molar-refractivity contribution < 1.29 is 14.4 Å². The van der Waals surface area contributed by atoms with Gasteiger partial charge in [0.25, 0.3) is 0 Å². The van der Waals surface area contributed by atoms with Crippen LogP contribution in [0.5, 0.6) is 0 Å². The molecule has 0 atom stereocenters. The van der Waals surface area contributed by atoms with Crippen LogP contribution in [-0.4, -0.2) is 78.1 Å². The van der Waals surface area contributed by atoms with Gasteiger partial charge in [0.1, 0.15) is 0 Å². The highest BCUT2D eigenvalue weighted by atomic mass is 35.5. The molecule has 7 heteroatoms. The maximum absolute atomic E-state index is 12.4. The third kappa shape index (κ3) is 5.53. The van der Waals surface area contributed by atoms with E-state index in [1.807, 2.05) is 4.90 Å². The summed E-state index contributed by atoms with van der Waals surface area (Å²) in [4.78, 5) is 42.6. The van der Waals surface area contributed by atoms with Crippen LogP contribution < -0.4 is 0 Å². The first-order valence-electron chi connectivity index (χ1n) is 9.59. The van der Waals surface area contributed by atoms with Crippen LogP contribution in [0.15, 0.2) is 24.3 Å². The van der Waals surface area contributed by atoms with Gasteiger partial charge in [0.05, 0.1) is 6.54 Å². The molecule has 27 heavy (non-hydrogen) atoms. The summed E-state index contributed by atoms with van der Waals surface area (Å²) >= 11 is 5.83. The number of nitrogens with zero attached hydrogens (tertiary/aromatic N) is 3. The Morgan fingerprint density at radius 2 is 1.37 bits per heavy atom. The largest absolute Gasteiger partial charge is 0.342 e. The summed E-state index contributed by atoms with van der Waals surface area (Å²) in [5.41, 5.74) is 0.581. The Balaban J connectivity index is 1.38. The minimum absolute atomic E-state index is 0.00262. The van der Waals surface area contributed by atoms with E-state index < -0.39 is 0 Å². The number of hydrogen-bond acceptors (Lipinski definition) is 4. The van der Waals surface area contributed by atoms with Crippen LogP contribution in [0.3, 0.4) is 0 Å². The van der Waals surface area contributed by atoms with Crippen LogP contribution >= 0.6 is 11.6 Å². The van der Waals surface area contributed by atoms with Gasteiger partial charge in [-0.2, -0.15) is 0 Å². The van der Waals surface area contributed by atoms with Crippen LogP contribution in [0, 0.1) is 0 Å². The van der Waals surface area contributed by atoms with Crippen molar-refractivity contribution in [2.75, 3.05) is 45.8 Å². The van der Waals surface area contributed by atoms with Crippen LogP contribution in [0.4, 0.5) is 0 Å². The van der Waals surface area contributed by atoms with Crippen LogP contribution in [-0.2, 0) is 9.59 Å². The number of hydrogen-bond donors (Lipinski definition) is 0. The van der Waals surface area contributed by atoms with E-state index in [2.05, 4.69) is 4.90 Å². The number of Topliss-reactive ketones (excluding diaryl/α,β-unsaturated/α-hetero) is 1. The lowest BCUT2D eigenvalue weighted by Gasteiger charge is -2.35. The van der Waals surface area contributed by atoms with Gasteiger partial charge in [0, 0.05) is 62.7 Å². The first kappa shape index (κ1) is 19.8. The number of benzene rings is 1. The van der Waals surface area contributed by atoms with Crippen LogP contribution in [0.2, 0.25) is 5.02 Å². The minimum Gasteiger partial charge on any atom is -0.342 e. The molecule has 0 N–H and O–H groups in total. The summed E-state index contributed by atoms with van der Waals surface area (Å²) in [5, 5.41) is 0.587. The van der Waals surface area contributed by atoms with Gasteiger partial charge >= 0.3 is 0 Å². The molecule has 0 saturated carbocycles. The fourth-order valence-corrected chi connectivity index (χ4v) is 3.70. The van der Waals surface area contributed by atoms with E-state index >= 15 is 0 Å². The summed E-state index contributed by atoms with van der Waals surface area (Å²) in [6.07, 6.45) is 2.62. The molecule has 2 saturated heterocycles. The molecule has 0 spiro atoms. The summed E-state index contributed by atoms with van der Waals surface area (Å²) in [6, 6.07) is 6.73. The normalized spacial score (nSPS) is 18.0. The SMILES string of the molecule is O=C(CCC(=O)N1CCN(CC(=O)N2CCCC2)CC1)c1ccc(Cl)cc1. The van der Waals surface area contributed by atoms with E-state index in [0.29, 0.717) is 43.3 Å². The second kappa shape index (κ2) is 9.33. The highest BCUT2D eigenvalue weighted by molar-refractivity contribution is 6.30. The number of carbonyl (C=O) groups is 3. The Bertz CT molecular complexity index is 678. The molecule has 0 bridgehead atoms. The molecule has 2 heterocycles. The molecule has 1 aromatic carbocycles. The van der Waals surface area contributed by atoms with E-state index in [1.54, 1.807) is 29.2 Å². The first-order chi connectivity index (χ1) is 13.0. The van der Waals surface area contributed by atoms with Crippen molar-refractivity contribution in [1.82, 2.24) is 14.7 Å². The molecule has 2 amide bonds. The van der Waals surface area contributed by atoms with E-state index in [4.69, 9.17) is 11.6 Å².